The highest BCUT2D eigenvalue weighted by atomic mass is 32.2. The van der Waals surface area contributed by atoms with E-state index in [1.807, 2.05) is 6.07 Å². The van der Waals surface area contributed by atoms with E-state index in [4.69, 9.17) is 4.42 Å². The van der Waals surface area contributed by atoms with E-state index in [2.05, 4.69) is 31.3 Å². The monoisotopic (exact) mass is 694 g/mol. The zero-order valence-corrected chi connectivity index (χ0v) is 26.6. The molecule has 0 radical (unpaired) electrons. The molecule has 0 saturated carbocycles. The van der Waals surface area contributed by atoms with Crippen molar-refractivity contribution >= 4 is 65.4 Å². The van der Waals surface area contributed by atoms with E-state index in [0.717, 1.165) is 9.91 Å². The zero-order chi connectivity index (χ0) is 33.9. The van der Waals surface area contributed by atoms with Gasteiger partial charge in [-0.15, -0.1) is 16.9 Å². The molecule has 3 aliphatic rings. The summed E-state index contributed by atoms with van der Waals surface area (Å²) in [6.07, 6.45) is 2.69. The maximum atomic E-state index is 13.5. The van der Waals surface area contributed by atoms with E-state index in [9.17, 15) is 33.9 Å². The average molecular weight is 695 g/mol. The number of hydrazone groups is 1. The number of aromatic nitrogens is 4. The number of carboxylic acid groups (broad SMARTS) is 1. The first-order valence-electron chi connectivity index (χ1n) is 14.3. The molecule has 0 spiro atoms. The number of carbonyl (C=O) groups excluding carboxylic acids is 5. The van der Waals surface area contributed by atoms with Crippen LogP contribution in [0.1, 0.15) is 17.4 Å². The number of hydrogen-bond donors (Lipinski definition) is 3. The number of rotatable bonds is 10. The van der Waals surface area contributed by atoms with Crippen LogP contribution in [0.25, 0.3) is 0 Å². The second-order valence-electron chi connectivity index (χ2n) is 10.5. The second kappa shape index (κ2) is 13.7. The molecule has 1 aromatic carbocycles. The van der Waals surface area contributed by atoms with E-state index >= 15 is 0 Å². The summed E-state index contributed by atoms with van der Waals surface area (Å²) in [5.41, 5.74) is 1.01. The highest BCUT2D eigenvalue weighted by Crippen LogP contribution is 2.41. The molecule has 6 rings (SSSR count). The third kappa shape index (κ3) is 6.38. The number of fused-ring (bicyclic) bond motifs is 1. The van der Waals surface area contributed by atoms with Crippen molar-refractivity contribution in [2.45, 2.75) is 22.6 Å². The van der Waals surface area contributed by atoms with Crippen molar-refractivity contribution < 1.29 is 38.3 Å². The summed E-state index contributed by atoms with van der Waals surface area (Å²) in [6, 6.07) is 8.16. The van der Waals surface area contributed by atoms with Crippen LogP contribution in [0.2, 0.25) is 0 Å². The Morgan fingerprint density at radius 3 is 2.62 bits per heavy atom. The number of carbonyl (C=O) groups is 6. The van der Waals surface area contributed by atoms with Gasteiger partial charge in [0.25, 0.3) is 11.8 Å². The number of nitrogens with zero attached hydrogens (tertiary/aromatic N) is 8. The van der Waals surface area contributed by atoms with E-state index in [0.29, 0.717) is 21.2 Å². The van der Waals surface area contributed by atoms with Crippen LogP contribution in [-0.2, 0) is 31.0 Å². The van der Waals surface area contributed by atoms with E-state index < -0.39 is 53.1 Å². The first-order chi connectivity index (χ1) is 23.1. The summed E-state index contributed by atoms with van der Waals surface area (Å²) in [5.74, 6) is -4.51. The number of aryl methyl sites for hydroxylation is 1. The summed E-state index contributed by atoms with van der Waals surface area (Å²) in [4.78, 5) is 79.6. The molecule has 0 aliphatic carbocycles. The summed E-state index contributed by atoms with van der Waals surface area (Å²) in [5, 5.41) is 30.9. The van der Waals surface area contributed by atoms with Gasteiger partial charge in [-0.1, -0.05) is 42.1 Å². The minimum atomic E-state index is -1.50. The van der Waals surface area contributed by atoms with Gasteiger partial charge in [0.15, 0.2) is 6.04 Å². The lowest BCUT2D eigenvalue weighted by molar-refractivity contribution is -0.153. The van der Waals surface area contributed by atoms with Gasteiger partial charge in [0.1, 0.15) is 22.9 Å². The van der Waals surface area contributed by atoms with Crippen molar-refractivity contribution in [2.24, 2.45) is 12.1 Å². The minimum Gasteiger partial charge on any atom is -0.477 e. The van der Waals surface area contributed by atoms with Gasteiger partial charge in [0, 0.05) is 18.6 Å². The third-order valence-electron chi connectivity index (χ3n) is 7.45. The maximum Gasteiger partial charge on any atom is 0.352 e. The molecule has 2 unspecified atom stereocenters. The van der Waals surface area contributed by atoms with Gasteiger partial charge >= 0.3 is 23.8 Å². The minimum absolute atomic E-state index is 0.00524. The normalized spacial score (nSPS) is 20.1. The lowest BCUT2D eigenvalue weighted by atomic mass is 10.0. The lowest BCUT2D eigenvalue weighted by Crippen LogP contribution is -2.71. The molecule has 48 heavy (non-hydrogen) atoms. The number of thioether (sulfide) groups is 2. The highest BCUT2D eigenvalue weighted by Gasteiger charge is 2.54. The molecular formula is C28H26N10O8S2. The number of furan rings is 1. The standard InChI is InChI=1S/C28H26N10O8S2/c1-35-28(32-33-34-35)48-14-16-13-47-25-19(22(40)38(25)20(16)26(43)44)30-21(39)18(17-8-5-11-46-17)31-27(45)36-9-10-37(24(42)23(36)41)29-12-15-6-3-2-4-7-15/h2-8,11-12,18-19,25H,9-10,13-14H2,1H3,(H,30,39)(H,31,45)(H,43,44)/t18?,19-,25?/m1/s1. The smallest absolute Gasteiger partial charge is 0.352 e. The Kier molecular flexibility index (Phi) is 9.26. The van der Waals surface area contributed by atoms with Gasteiger partial charge in [-0.3, -0.25) is 29.0 Å². The van der Waals surface area contributed by atoms with Crippen molar-refractivity contribution in [1.29, 1.82) is 0 Å². The van der Waals surface area contributed by atoms with Crippen LogP contribution in [0.15, 0.2) is 74.7 Å². The van der Waals surface area contributed by atoms with Crippen LogP contribution < -0.4 is 10.6 Å². The van der Waals surface area contributed by atoms with Crippen molar-refractivity contribution in [3.05, 3.63) is 71.3 Å². The predicted molar refractivity (Wildman–Crippen MR) is 167 cm³/mol. The molecule has 3 aliphatic heterocycles. The van der Waals surface area contributed by atoms with E-state index in [1.165, 1.54) is 52.8 Å². The number of urea groups is 1. The Balaban J connectivity index is 1.11. The Morgan fingerprint density at radius 2 is 1.94 bits per heavy atom. The Morgan fingerprint density at radius 1 is 1.15 bits per heavy atom. The quantitative estimate of drug-likeness (QED) is 0.108. The van der Waals surface area contributed by atoms with Crippen LogP contribution in [0.3, 0.4) is 0 Å². The third-order valence-corrected chi connectivity index (χ3v) is 9.89. The average Bonchev–Trinajstić information content (AvgIpc) is 3.77. The summed E-state index contributed by atoms with van der Waals surface area (Å²) in [6.45, 7) is -0.290. The van der Waals surface area contributed by atoms with Crippen molar-refractivity contribution in [3.8, 4) is 0 Å². The van der Waals surface area contributed by atoms with E-state index in [1.54, 1.807) is 31.3 Å². The van der Waals surface area contributed by atoms with Gasteiger partial charge in [-0.2, -0.15) is 5.10 Å². The van der Waals surface area contributed by atoms with Gasteiger partial charge in [-0.05, 0) is 33.7 Å². The molecule has 248 valence electrons. The molecule has 18 nitrogen and oxygen atoms in total. The lowest BCUT2D eigenvalue weighted by Gasteiger charge is -2.49. The number of carboxylic acids is 1. The van der Waals surface area contributed by atoms with Crippen LogP contribution in [0.5, 0.6) is 0 Å². The number of aliphatic carboxylic acids is 1. The largest absolute Gasteiger partial charge is 0.477 e. The molecule has 3 aromatic rings. The second-order valence-corrected chi connectivity index (χ2v) is 12.5. The zero-order valence-electron chi connectivity index (χ0n) is 25.0. The fraction of sp³-hybridized carbons (Fsp3) is 0.286. The molecule has 3 atom stereocenters. The molecule has 2 aromatic heterocycles. The van der Waals surface area contributed by atoms with Gasteiger partial charge in [0.2, 0.25) is 5.16 Å². The van der Waals surface area contributed by atoms with Gasteiger partial charge < -0.3 is 20.2 Å². The number of benzene rings is 1. The number of piperazine rings is 1. The van der Waals surface area contributed by atoms with Crippen LogP contribution in [0.4, 0.5) is 4.79 Å². The number of β-lactam (4-membered cyclic amide) rings is 1. The highest BCUT2D eigenvalue weighted by molar-refractivity contribution is 8.01. The first-order valence-corrected chi connectivity index (χ1v) is 16.3. The SMILES string of the molecule is Cn1nnnc1SCC1=C(C(=O)O)N2C(=O)[C@@H](NC(=O)C(NC(=O)N3CCN(N=Cc4ccccc4)C(=O)C3=O)c3ccco3)C2SC1. The first kappa shape index (κ1) is 32.4. The molecule has 0 bridgehead atoms. The van der Waals surface area contributed by atoms with Gasteiger partial charge in [-0.25, -0.2) is 19.3 Å². The van der Waals surface area contributed by atoms with Gasteiger partial charge in [0.05, 0.1) is 25.6 Å². The Labute approximate surface area is 279 Å². The number of hydrogen-bond acceptors (Lipinski definition) is 13. The van der Waals surface area contributed by atoms with E-state index in [-0.39, 0.29) is 36.1 Å². The number of imide groups is 1. The predicted octanol–water partition coefficient (Wildman–Crippen LogP) is -0.210. The summed E-state index contributed by atoms with van der Waals surface area (Å²) in [7, 11) is 1.64. The Bertz CT molecular complexity index is 1830. The van der Waals surface area contributed by atoms with Crippen molar-refractivity contribution in [3.63, 3.8) is 0 Å². The molecule has 3 N–H and O–H groups in total. The number of nitrogens with one attached hydrogen (secondary N) is 2. The Hall–Kier alpha value is -5.50. The summed E-state index contributed by atoms with van der Waals surface area (Å²) < 4.78 is 6.80. The van der Waals surface area contributed by atoms with Crippen LogP contribution >= 0.6 is 23.5 Å². The maximum absolute atomic E-state index is 13.5. The molecule has 2 fully saturated rings. The fourth-order valence-electron chi connectivity index (χ4n) is 5.05. The molecule has 6 amide bonds. The molecular weight excluding hydrogens is 669 g/mol. The number of tetrazole rings is 1. The molecule has 20 heteroatoms. The molecule has 2 saturated heterocycles. The summed E-state index contributed by atoms with van der Waals surface area (Å²) >= 11 is 2.48. The molecule has 5 heterocycles. The number of amides is 6. The van der Waals surface area contributed by atoms with Crippen molar-refractivity contribution in [2.75, 3.05) is 24.6 Å². The van der Waals surface area contributed by atoms with Crippen LogP contribution in [0, 0.1) is 0 Å². The van der Waals surface area contributed by atoms with Crippen LogP contribution in [-0.4, -0.2) is 118 Å². The topological polar surface area (TPSA) is 226 Å². The van der Waals surface area contributed by atoms with Crippen molar-refractivity contribution in [1.82, 2.24) is 45.6 Å². The fourth-order valence-corrected chi connectivity index (χ4v) is 7.39.